The number of hydrogen-bond acceptors (Lipinski definition) is 6. The van der Waals surface area contributed by atoms with Gasteiger partial charge in [0, 0.05) is 24.5 Å². The second kappa shape index (κ2) is 15.6. The molecule has 4 aromatic carbocycles. The quantitative estimate of drug-likeness (QED) is 0.0982. The first-order chi connectivity index (χ1) is 23.9. The van der Waals surface area contributed by atoms with E-state index in [2.05, 4.69) is 39.5 Å². The fourth-order valence-electron chi connectivity index (χ4n) is 7.58. The summed E-state index contributed by atoms with van der Waals surface area (Å²) >= 11 is 0. The third-order valence-electron chi connectivity index (χ3n) is 10.1. The van der Waals surface area contributed by atoms with Crippen LogP contribution in [0.1, 0.15) is 53.2 Å². The summed E-state index contributed by atoms with van der Waals surface area (Å²) in [5.74, 6) is -0.188. The molecule has 1 saturated heterocycles. The van der Waals surface area contributed by atoms with Crippen LogP contribution < -0.4 is 16.6 Å². The van der Waals surface area contributed by atoms with Gasteiger partial charge in [-0.25, -0.2) is 0 Å². The number of benzene rings is 4. The van der Waals surface area contributed by atoms with E-state index in [9.17, 15) is 19.8 Å². The van der Waals surface area contributed by atoms with Gasteiger partial charge in [-0.15, -0.1) is 0 Å². The van der Waals surface area contributed by atoms with Gasteiger partial charge in [0.15, 0.2) is 0 Å². The summed E-state index contributed by atoms with van der Waals surface area (Å²) in [6, 6.07) is 35.1. The molecule has 2 heterocycles. The van der Waals surface area contributed by atoms with Crippen LogP contribution in [0.5, 0.6) is 5.75 Å². The molecule has 0 spiro atoms. The number of carbonyl (C=O) groups is 1. The molecule has 49 heavy (non-hydrogen) atoms. The zero-order valence-corrected chi connectivity index (χ0v) is 27.9. The van der Waals surface area contributed by atoms with Crippen LogP contribution in [0.2, 0.25) is 0 Å². The van der Waals surface area contributed by atoms with E-state index in [4.69, 9.17) is 5.73 Å². The van der Waals surface area contributed by atoms with Gasteiger partial charge in [0.25, 0.3) is 0 Å². The lowest BCUT2D eigenvalue weighted by Gasteiger charge is -2.37. The number of H-pyrrole nitrogens is 1. The van der Waals surface area contributed by atoms with E-state index in [1.54, 1.807) is 12.1 Å². The van der Waals surface area contributed by atoms with Gasteiger partial charge in [-0.3, -0.25) is 9.59 Å². The Bertz CT molecular complexity index is 1850. The van der Waals surface area contributed by atoms with Crippen molar-refractivity contribution in [1.29, 1.82) is 0 Å². The molecule has 0 saturated carbocycles. The van der Waals surface area contributed by atoms with Crippen molar-refractivity contribution < 1.29 is 15.0 Å². The minimum Gasteiger partial charge on any atom is -0.506 e. The summed E-state index contributed by atoms with van der Waals surface area (Å²) < 4.78 is 0. The number of phenolic OH excluding ortho intramolecular Hbond substituents is 1. The van der Waals surface area contributed by atoms with Gasteiger partial charge in [-0.05, 0) is 97.6 Å². The van der Waals surface area contributed by atoms with Crippen molar-refractivity contribution in [2.24, 2.45) is 11.7 Å². The molecule has 6 N–H and O–H groups in total. The summed E-state index contributed by atoms with van der Waals surface area (Å²) in [6.45, 7) is 3.88. The number of phenols is 1. The Morgan fingerprint density at radius 3 is 2.18 bits per heavy atom. The number of primary amides is 1. The number of unbranched alkanes of at least 4 members (excludes halogenated alkanes) is 1. The van der Waals surface area contributed by atoms with Crippen molar-refractivity contribution in [3.8, 4) is 5.75 Å². The van der Waals surface area contributed by atoms with Gasteiger partial charge < -0.3 is 31.1 Å². The largest absolute Gasteiger partial charge is 0.506 e. The SMILES string of the molecule is NC(=O)C(c1ccccc1)(c1ccccc1)C1CCN(CCCCc2ccc(CCNCC(O)c3ccc(O)c4[nH]c(=O)ccc34)cc2)C1. The van der Waals surface area contributed by atoms with Gasteiger partial charge in [0.05, 0.1) is 11.6 Å². The average molecular weight is 659 g/mol. The third kappa shape index (κ3) is 7.62. The molecule has 254 valence electrons. The van der Waals surface area contributed by atoms with Crippen molar-refractivity contribution in [3.63, 3.8) is 0 Å². The van der Waals surface area contributed by atoms with Crippen LogP contribution in [0.4, 0.5) is 0 Å². The van der Waals surface area contributed by atoms with Gasteiger partial charge in [0.1, 0.15) is 11.2 Å². The highest BCUT2D eigenvalue weighted by atomic mass is 16.3. The van der Waals surface area contributed by atoms with Crippen LogP contribution in [-0.4, -0.2) is 58.7 Å². The zero-order chi connectivity index (χ0) is 34.2. The van der Waals surface area contributed by atoms with E-state index < -0.39 is 11.5 Å². The van der Waals surface area contributed by atoms with Crippen LogP contribution in [0, 0.1) is 5.92 Å². The Morgan fingerprint density at radius 2 is 1.53 bits per heavy atom. The number of aliphatic hydroxyl groups excluding tert-OH is 1. The second-order valence-corrected chi connectivity index (χ2v) is 13.2. The molecule has 0 bridgehead atoms. The van der Waals surface area contributed by atoms with Crippen LogP contribution in [0.25, 0.3) is 10.9 Å². The molecule has 8 heteroatoms. The predicted octanol–water partition coefficient (Wildman–Crippen LogP) is 5.22. The highest BCUT2D eigenvalue weighted by molar-refractivity contribution is 5.91. The Balaban J connectivity index is 0.950. The van der Waals surface area contributed by atoms with E-state index in [1.165, 1.54) is 23.3 Å². The first kappa shape index (κ1) is 34.1. The third-order valence-corrected chi connectivity index (χ3v) is 10.1. The first-order valence-corrected chi connectivity index (χ1v) is 17.3. The van der Waals surface area contributed by atoms with Crippen molar-refractivity contribution in [2.75, 3.05) is 32.7 Å². The maximum Gasteiger partial charge on any atom is 0.248 e. The molecule has 1 aliphatic heterocycles. The summed E-state index contributed by atoms with van der Waals surface area (Å²) in [4.78, 5) is 30.2. The number of nitrogens with zero attached hydrogens (tertiary/aromatic N) is 1. The highest BCUT2D eigenvalue weighted by Gasteiger charge is 2.49. The number of aryl methyl sites for hydroxylation is 1. The molecule has 8 nitrogen and oxygen atoms in total. The standard InChI is InChI=1S/C41H46N4O4/c42-40(49)41(31-10-3-1-4-11-31,32-12-5-2-6-13-32)33-23-26-45(28-33)25-8-7-9-29-14-16-30(17-15-29)22-24-43-27-37(47)34-18-20-36(46)39-35(34)19-21-38(48)44-39/h1-6,10-21,33,37,43,46-47H,7-9,22-28H2,(H2,42,49)(H,44,48). The normalized spacial score (nSPS) is 15.8. The predicted molar refractivity (Wildman–Crippen MR) is 195 cm³/mol. The van der Waals surface area contributed by atoms with Gasteiger partial charge in [-0.1, -0.05) is 91.0 Å². The Morgan fingerprint density at radius 1 is 0.878 bits per heavy atom. The summed E-state index contributed by atoms with van der Waals surface area (Å²) in [5, 5.41) is 24.8. The monoisotopic (exact) mass is 658 g/mol. The first-order valence-electron chi connectivity index (χ1n) is 17.3. The number of amides is 1. The van der Waals surface area contributed by atoms with Crippen molar-refractivity contribution in [1.82, 2.24) is 15.2 Å². The summed E-state index contributed by atoms with van der Waals surface area (Å²) in [5.41, 5.74) is 10.6. The average Bonchev–Trinajstić information content (AvgIpc) is 3.59. The lowest BCUT2D eigenvalue weighted by Crippen LogP contribution is -2.49. The van der Waals surface area contributed by atoms with E-state index in [0.717, 1.165) is 62.9 Å². The van der Waals surface area contributed by atoms with Gasteiger partial charge in [-0.2, -0.15) is 0 Å². The zero-order valence-electron chi connectivity index (χ0n) is 27.9. The molecular weight excluding hydrogens is 612 g/mol. The molecule has 5 aromatic rings. The minimum absolute atomic E-state index is 0.0175. The number of aromatic hydroxyl groups is 1. The van der Waals surface area contributed by atoms with Gasteiger partial charge in [0.2, 0.25) is 11.5 Å². The Kier molecular flexibility index (Phi) is 10.9. The fourth-order valence-corrected chi connectivity index (χ4v) is 7.58. The number of nitrogens with two attached hydrogens (primary N) is 1. The number of pyridine rings is 1. The smallest absolute Gasteiger partial charge is 0.248 e. The molecule has 1 fully saturated rings. The van der Waals surface area contributed by atoms with E-state index in [-0.39, 0.29) is 23.1 Å². The number of likely N-dealkylation sites (tertiary alicyclic amines) is 1. The summed E-state index contributed by atoms with van der Waals surface area (Å²) in [6.07, 6.45) is 4.20. The molecule has 2 atom stereocenters. The maximum absolute atomic E-state index is 13.3. The topological polar surface area (TPSA) is 132 Å². The van der Waals surface area contributed by atoms with Crippen LogP contribution in [0.3, 0.4) is 0 Å². The molecule has 0 radical (unpaired) electrons. The number of fused-ring (bicyclic) bond motifs is 1. The van der Waals surface area contributed by atoms with Crippen molar-refractivity contribution in [3.05, 3.63) is 147 Å². The molecule has 0 aliphatic carbocycles. The van der Waals surface area contributed by atoms with Crippen LogP contribution in [-0.2, 0) is 23.1 Å². The Labute approximate surface area is 287 Å². The minimum atomic E-state index is -0.849. The molecule has 2 unspecified atom stereocenters. The lowest BCUT2D eigenvalue weighted by molar-refractivity contribution is -0.123. The number of nitrogens with one attached hydrogen (secondary N) is 2. The number of rotatable bonds is 15. The summed E-state index contributed by atoms with van der Waals surface area (Å²) in [7, 11) is 0. The fraction of sp³-hybridized carbons (Fsp3) is 0.317. The van der Waals surface area contributed by atoms with Crippen LogP contribution >= 0.6 is 0 Å². The Hall–Kier alpha value is -4.76. The molecule has 6 rings (SSSR count). The van der Waals surface area contributed by atoms with Crippen molar-refractivity contribution >= 4 is 16.8 Å². The number of aliphatic hydroxyl groups is 1. The van der Waals surface area contributed by atoms with E-state index in [1.807, 2.05) is 60.7 Å². The molecule has 1 aromatic heterocycles. The number of carbonyl (C=O) groups excluding carboxylic acids is 1. The molecular formula is C41H46N4O4. The molecule has 1 amide bonds. The maximum atomic E-state index is 13.3. The highest BCUT2D eigenvalue weighted by Crippen LogP contribution is 2.43. The number of aromatic amines is 1. The van der Waals surface area contributed by atoms with Crippen molar-refractivity contribution in [2.45, 2.75) is 43.6 Å². The lowest BCUT2D eigenvalue weighted by atomic mass is 9.64. The van der Waals surface area contributed by atoms with Gasteiger partial charge >= 0.3 is 0 Å². The van der Waals surface area contributed by atoms with E-state index >= 15 is 0 Å². The van der Waals surface area contributed by atoms with E-state index in [0.29, 0.717) is 29.6 Å². The second-order valence-electron chi connectivity index (χ2n) is 13.2. The number of hydrogen-bond donors (Lipinski definition) is 5. The molecule has 1 aliphatic rings. The number of aromatic nitrogens is 1. The van der Waals surface area contributed by atoms with Crippen LogP contribution in [0.15, 0.2) is 114 Å².